The Kier molecular flexibility index (Phi) is 9.34. The van der Waals surface area contributed by atoms with Gasteiger partial charge in [0.1, 0.15) is 4.21 Å². The van der Waals surface area contributed by atoms with E-state index in [0.29, 0.717) is 0 Å². The molecule has 1 rings (SSSR count). The molecule has 1 heterocycles. The molecule has 0 aliphatic heterocycles. The van der Waals surface area contributed by atoms with Crippen molar-refractivity contribution in [3.63, 3.8) is 0 Å². The van der Waals surface area contributed by atoms with Gasteiger partial charge in [0.2, 0.25) is 10.0 Å². The number of thiophene rings is 1. The summed E-state index contributed by atoms with van der Waals surface area (Å²) in [6.07, 6.45) is 0.250. The third kappa shape index (κ3) is 6.78. The summed E-state index contributed by atoms with van der Waals surface area (Å²) in [4.78, 5) is 19.4. The number of sulfonamides is 1. The summed E-state index contributed by atoms with van der Waals surface area (Å²) >= 11 is 1.24. The van der Waals surface area contributed by atoms with Crippen LogP contribution in [-0.2, 0) is 19.6 Å². The maximum absolute atomic E-state index is 11.4. The molecule has 0 aromatic carbocycles. The highest BCUT2D eigenvalue weighted by molar-refractivity contribution is 7.91. The zero-order chi connectivity index (χ0) is 17.3. The molecule has 0 bridgehead atoms. The third-order valence-corrected chi connectivity index (χ3v) is 5.56. The molecular weight excluding hydrogens is 326 g/mol. The topological polar surface area (TPSA) is 110 Å². The molecule has 0 saturated heterocycles. The van der Waals surface area contributed by atoms with E-state index in [1.165, 1.54) is 11.3 Å². The number of carbonyl (C=O) groups excluding carboxylic acids is 2. The summed E-state index contributed by atoms with van der Waals surface area (Å²) in [6, 6.07) is 1.83. The molecule has 3 N–H and O–H groups in total. The monoisotopic (exact) mass is 349 g/mol. The normalized spacial score (nSPS) is 12.5. The van der Waals surface area contributed by atoms with Crippen molar-refractivity contribution in [2.24, 2.45) is 5.14 Å². The molecule has 1 aromatic heterocycles. The van der Waals surface area contributed by atoms with E-state index in [4.69, 9.17) is 14.7 Å². The SMILES string of the molecule is CCNC(CN(C)CC)c1cc(S(N)(=O)=O)sc1C.O=C=O. The van der Waals surface area contributed by atoms with Crippen molar-refractivity contribution >= 4 is 27.5 Å². The van der Waals surface area contributed by atoms with Crippen molar-refractivity contribution < 1.29 is 18.0 Å². The quantitative estimate of drug-likeness (QED) is 0.751. The van der Waals surface area contributed by atoms with E-state index < -0.39 is 10.0 Å². The maximum Gasteiger partial charge on any atom is 0.373 e. The van der Waals surface area contributed by atoms with Crippen LogP contribution >= 0.6 is 11.3 Å². The number of nitrogens with two attached hydrogens (primary N) is 1. The van der Waals surface area contributed by atoms with E-state index in [-0.39, 0.29) is 16.4 Å². The van der Waals surface area contributed by atoms with E-state index in [1.807, 2.05) is 20.9 Å². The van der Waals surface area contributed by atoms with Gasteiger partial charge in [0.25, 0.3) is 0 Å². The fourth-order valence-corrected chi connectivity index (χ4v) is 3.85. The Morgan fingerprint density at radius 1 is 1.41 bits per heavy atom. The zero-order valence-electron chi connectivity index (χ0n) is 13.3. The van der Waals surface area contributed by atoms with Gasteiger partial charge in [-0.15, -0.1) is 11.3 Å². The molecule has 22 heavy (non-hydrogen) atoms. The summed E-state index contributed by atoms with van der Waals surface area (Å²) in [5.41, 5.74) is 1.02. The van der Waals surface area contributed by atoms with E-state index in [0.717, 1.165) is 30.1 Å². The average molecular weight is 349 g/mol. The van der Waals surface area contributed by atoms with E-state index >= 15 is 0 Å². The smallest absolute Gasteiger partial charge is 0.309 e. The molecule has 1 unspecified atom stereocenters. The van der Waals surface area contributed by atoms with E-state index in [2.05, 4.69) is 17.1 Å². The lowest BCUT2D eigenvalue weighted by molar-refractivity contribution is -0.191. The minimum atomic E-state index is -3.61. The molecule has 0 saturated carbocycles. The molecule has 7 nitrogen and oxygen atoms in total. The first kappa shape index (κ1) is 20.9. The molecule has 9 heteroatoms. The maximum atomic E-state index is 11.4. The molecule has 0 fully saturated rings. The number of rotatable bonds is 7. The van der Waals surface area contributed by atoms with Gasteiger partial charge in [-0.2, -0.15) is 9.59 Å². The van der Waals surface area contributed by atoms with E-state index in [1.54, 1.807) is 6.07 Å². The Balaban J connectivity index is 0.00000135. The van der Waals surface area contributed by atoms with Gasteiger partial charge in [-0.3, -0.25) is 0 Å². The number of hydrogen-bond acceptors (Lipinski definition) is 7. The number of aryl methyl sites for hydroxylation is 1. The van der Waals surface area contributed by atoms with Crippen molar-refractivity contribution in [1.29, 1.82) is 0 Å². The second kappa shape index (κ2) is 9.83. The number of likely N-dealkylation sites (N-methyl/N-ethyl adjacent to an activating group) is 2. The number of nitrogens with one attached hydrogen (secondary N) is 1. The third-order valence-electron chi connectivity index (χ3n) is 3.07. The van der Waals surface area contributed by atoms with Gasteiger partial charge in [-0.25, -0.2) is 13.6 Å². The second-order valence-electron chi connectivity index (χ2n) is 4.67. The van der Waals surface area contributed by atoms with Gasteiger partial charge in [0, 0.05) is 17.5 Å². The fraction of sp³-hybridized carbons (Fsp3) is 0.615. The molecule has 1 aromatic rings. The van der Waals surface area contributed by atoms with Crippen molar-refractivity contribution in [2.45, 2.75) is 31.0 Å². The molecule has 126 valence electrons. The largest absolute Gasteiger partial charge is 0.373 e. The minimum absolute atomic E-state index is 0.127. The van der Waals surface area contributed by atoms with Gasteiger partial charge in [0.15, 0.2) is 0 Å². The molecular formula is C13H23N3O4S2. The van der Waals surface area contributed by atoms with Crippen molar-refractivity contribution in [1.82, 2.24) is 10.2 Å². The Labute approximate surface area is 135 Å². The van der Waals surface area contributed by atoms with Crippen LogP contribution in [0, 0.1) is 6.92 Å². The van der Waals surface area contributed by atoms with Crippen LogP contribution in [0.25, 0.3) is 0 Å². The van der Waals surface area contributed by atoms with Gasteiger partial charge < -0.3 is 10.2 Å². The highest BCUT2D eigenvalue weighted by Gasteiger charge is 2.21. The first-order valence-corrected chi connectivity index (χ1v) is 9.11. The predicted molar refractivity (Wildman–Crippen MR) is 85.0 cm³/mol. The van der Waals surface area contributed by atoms with Gasteiger partial charge in [-0.05, 0) is 38.7 Å². The minimum Gasteiger partial charge on any atom is -0.309 e. The first-order valence-electron chi connectivity index (χ1n) is 6.75. The number of hydrogen-bond donors (Lipinski definition) is 2. The summed E-state index contributed by atoms with van der Waals surface area (Å²) < 4.78 is 23.1. The van der Waals surface area contributed by atoms with Crippen LogP contribution < -0.4 is 10.5 Å². The van der Waals surface area contributed by atoms with Crippen LogP contribution in [0.4, 0.5) is 0 Å². The first-order chi connectivity index (χ1) is 10.2. The van der Waals surface area contributed by atoms with Crippen molar-refractivity contribution in [3.8, 4) is 0 Å². The standard InChI is InChI=1S/C12H23N3O2S2.CO2/c1-5-14-11(8-15(4)6-2)10-7-12(18-9(10)3)19(13,16)17;2-1-3/h7,11,14H,5-6,8H2,1-4H3,(H2,13,16,17);. The predicted octanol–water partition coefficient (Wildman–Crippen LogP) is 0.723. The highest BCUT2D eigenvalue weighted by atomic mass is 32.2. The number of primary sulfonamides is 1. The van der Waals surface area contributed by atoms with Crippen LogP contribution in [0.3, 0.4) is 0 Å². The van der Waals surface area contributed by atoms with Crippen molar-refractivity contribution in [3.05, 3.63) is 16.5 Å². The van der Waals surface area contributed by atoms with Crippen LogP contribution in [0.1, 0.15) is 30.3 Å². The van der Waals surface area contributed by atoms with Gasteiger partial charge in [0.05, 0.1) is 0 Å². The van der Waals surface area contributed by atoms with Crippen molar-refractivity contribution in [2.75, 3.05) is 26.7 Å². The second-order valence-corrected chi connectivity index (χ2v) is 7.72. The summed E-state index contributed by atoms with van der Waals surface area (Å²) in [7, 11) is -1.56. The summed E-state index contributed by atoms with van der Waals surface area (Å²) in [6.45, 7) is 8.70. The lowest BCUT2D eigenvalue weighted by Gasteiger charge is -2.23. The average Bonchev–Trinajstić information content (AvgIpc) is 2.81. The highest BCUT2D eigenvalue weighted by Crippen LogP contribution is 2.29. The Hall–Kier alpha value is -1.09. The Bertz CT molecular complexity index is 592. The number of nitrogens with zero attached hydrogens (tertiary/aromatic N) is 1. The van der Waals surface area contributed by atoms with Crippen LogP contribution in [-0.4, -0.2) is 46.2 Å². The molecule has 0 radical (unpaired) electrons. The lowest BCUT2D eigenvalue weighted by atomic mass is 10.1. The van der Waals surface area contributed by atoms with Crippen LogP contribution in [0.2, 0.25) is 0 Å². The van der Waals surface area contributed by atoms with Crippen LogP contribution in [0.15, 0.2) is 10.3 Å². The van der Waals surface area contributed by atoms with Gasteiger partial charge >= 0.3 is 6.15 Å². The molecule has 0 amide bonds. The Morgan fingerprint density at radius 3 is 2.32 bits per heavy atom. The fourth-order valence-electron chi connectivity index (χ4n) is 1.91. The molecule has 0 spiro atoms. The zero-order valence-corrected chi connectivity index (χ0v) is 14.9. The molecule has 0 aliphatic rings. The summed E-state index contributed by atoms with van der Waals surface area (Å²) in [5, 5.41) is 8.59. The molecule has 1 atom stereocenters. The Morgan fingerprint density at radius 2 is 1.95 bits per heavy atom. The van der Waals surface area contributed by atoms with E-state index in [9.17, 15) is 8.42 Å². The lowest BCUT2D eigenvalue weighted by Crippen LogP contribution is -2.33. The van der Waals surface area contributed by atoms with Crippen LogP contribution in [0.5, 0.6) is 0 Å². The van der Waals surface area contributed by atoms with Gasteiger partial charge in [-0.1, -0.05) is 13.8 Å². The summed E-state index contributed by atoms with van der Waals surface area (Å²) in [5.74, 6) is 0. The molecule has 0 aliphatic carbocycles.